The number of carboxylic acids is 1. The Hall–Kier alpha value is -2.02. The zero-order chi connectivity index (χ0) is 15.3. The molecule has 5 nitrogen and oxygen atoms in total. The molecule has 0 saturated heterocycles. The Bertz CT molecular complexity index is 517. The molecule has 0 aliphatic heterocycles. The summed E-state index contributed by atoms with van der Waals surface area (Å²) in [6, 6.07) is 3.67. The standard InChI is InChI=1S/C13H15F2NO4/c1-13(20,12(18)19)7-16-10(17)6-5-8-3-2-4-9(14)11(8)15/h2-4,20H,5-7H2,1H3,(H,16,17)(H,18,19). The van der Waals surface area contributed by atoms with Crippen LogP contribution in [-0.2, 0) is 16.0 Å². The van der Waals surface area contributed by atoms with E-state index in [1.54, 1.807) is 0 Å². The lowest BCUT2D eigenvalue weighted by Gasteiger charge is -2.18. The molecule has 20 heavy (non-hydrogen) atoms. The third-order valence-corrected chi connectivity index (χ3v) is 2.74. The van der Waals surface area contributed by atoms with Crippen molar-refractivity contribution in [3.05, 3.63) is 35.4 Å². The molecule has 0 aliphatic carbocycles. The van der Waals surface area contributed by atoms with Gasteiger partial charge in [-0.3, -0.25) is 4.79 Å². The minimum atomic E-state index is -2.07. The van der Waals surface area contributed by atoms with E-state index >= 15 is 0 Å². The third kappa shape index (κ3) is 4.27. The first-order valence-electron chi connectivity index (χ1n) is 5.89. The highest BCUT2D eigenvalue weighted by Gasteiger charge is 2.30. The van der Waals surface area contributed by atoms with E-state index < -0.39 is 35.7 Å². The monoisotopic (exact) mass is 287 g/mol. The van der Waals surface area contributed by atoms with Gasteiger partial charge in [-0.25, -0.2) is 13.6 Å². The number of hydrogen-bond acceptors (Lipinski definition) is 3. The van der Waals surface area contributed by atoms with Gasteiger partial charge in [-0.2, -0.15) is 0 Å². The first-order valence-corrected chi connectivity index (χ1v) is 5.89. The van der Waals surface area contributed by atoms with Crippen LogP contribution in [0, 0.1) is 11.6 Å². The summed E-state index contributed by atoms with van der Waals surface area (Å²) in [5.41, 5.74) is -2.01. The molecule has 1 rings (SSSR count). The summed E-state index contributed by atoms with van der Waals surface area (Å²) in [7, 11) is 0. The van der Waals surface area contributed by atoms with Crippen LogP contribution in [0.2, 0.25) is 0 Å². The van der Waals surface area contributed by atoms with Crippen LogP contribution in [0.25, 0.3) is 0 Å². The predicted octanol–water partition coefficient (Wildman–Crippen LogP) is 0.849. The van der Waals surface area contributed by atoms with Crippen LogP contribution in [0.15, 0.2) is 18.2 Å². The molecule has 0 radical (unpaired) electrons. The molecule has 3 N–H and O–H groups in total. The molecule has 0 fully saturated rings. The van der Waals surface area contributed by atoms with Gasteiger partial charge in [-0.05, 0) is 25.0 Å². The molecule has 1 unspecified atom stereocenters. The number of carbonyl (C=O) groups excluding carboxylic acids is 1. The van der Waals surface area contributed by atoms with Crippen molar-refractivity contribution >= 4 is 11.9 Å². The fourth-order valence-corrected chi connectivity index (χ4v) is 1.42. The van der Waals surface area contributed by atoms with E-state index in [1.165, 1.54) is 12.1 Å². The normalized spacial score (nSPS) is 13.6. The lowest BCUT2D eigenvalue weighted by atomic mass is 10.1. The number of aliphatic hydroxyl groups is 1. The quantitative estimate of drug-likeness (QED) is 0.724. The average molecular weight is 287 g/mol. The second kappa shape index (κ2) is 6.42. The van der Waals surface area contributed by atoms with Crippen LogP contribution in [0.3, 0.4) is 0 Å². The Kier molecular flexibility index (Phi) is 5.15. The Morgan fingerprint density at radius 3 is 2.60 bits per heavy atom. The first kappa shape index (κ1) is 16.0. The molecule has 7 heteroatoms. The van der Waals surface area contributed by atoms with Crippen LogP contribution in [-0.4, -0.2) is 34.2 Å². The highest BCUT2D eigenvalue weighted by molar-refractivity contribution is 5.80. The summed E-state index contributed by atoms with van der Waals surface area (Å²) < 4.78 is 26.2. The van der Waals surface area contributed by atoms with Crippen molar-refractivity contribution in [2.75, 3.05) is 6.54 Å². The maximum absolute atomic E-state index is 13.3. The molecule has 0 saturated carbocycles. The van der Waals surface area contributed by atoms with Gasteiger partial charge in [0.15, 0.2) is 17.2 Å². The molecule has 0 aromatic heterocycles. The fraction of sp³-hybridized carbons (Fsp3) is 0.385. The summed E-state index contributed by atoms with van der Waals surface area (Å²) >= 11 is 0. The van der Waals surface area contributed by atoms with Gasteiger partial charge in [0, 0.05) is 6.42 Å². The lowest BCUT2D eigenvalue weighted by molar-refractivity contribution is -0.156. The van der Waals surface area contributed by atoms with E-state index in [9.17, 15) is 23.5 Å². The molecular formula is C13H15F2NO4. The molecular weight excluding hydrogens is 272 g/mol. The number of amides is 1. The Balaban J connectivity index is 2.48. The van der Waals surface area contributed by atoms with Gasteiger partial charge >= 0.3 is 5.97 Å². The molecule has 0 spiro atoms. The summed E-state index contributed by atoms with van der Waals surface area (Å²) in [6.45, 7) is 0.578. The average Bonchev–Trinajstić information content (AvgIpc) is 2.38. The highest BCUT2D eigenvalue weighted by Crippen LogP contribution is 2.13. The molecule has 1 aromatic rings. The van der Waals surface area contributed by atoms with Gasteiger partial charge in [0.05, 0.1) is 6.54 Å². The van der Waals surface area contributed by atoms with E-state index in [0.29, 0.717) is 0 Å². The number of aliphatic carboxylic acids is 1. The zero-order valence-electron chi connectivity index (χ0n) is 10.8. The number of halogens is 2. The Labute approximate surface area is 114 Å². The maximum atomic E-state index is 13.3. The Morgan fingerprint density at radius 2 is 2.00 bits per heavy atom. The summed E-state index contributed by atoms with van der Waals surface area (Å²) in [5, 5.41) is 20.2. The van der Waals surface area contributed by atoms with Crippen molar-refractivity contribution in [3.8, 4) is 0 Å². The molecule has 1 aromatic carbocycles. The fourth-order valence-electron chi connectivity index (χ4n) is 1.42. The third-order valence-electron chi connectivity index (χ3n) is 2.74. The van der Waals surface area contributed by atoms with Gasteiger partial charge in [0.1, 0.15) is 0 Å². The van der Waals surface area contributed by atoms with Crippen molar-refractivity contribution in [3.63, 3.8) is 0 Å². The van der Waals surface area contributed by atoms with Crippen LogP contribution in [0.4, 0.5) is 8.78 Å². The first-order chi connectivity index (χ1) is 9.24. The van der Waals surface area contributed by atoms with E-state index in [1.807, 2.05) is 0 Å². The molecule has 1 amide bonds. The van der Waals surface area contributed by atoms with E-state index in [2.05, 4.69) is 5.32 Å². The van der Waals surface area contributed by atoms with Crippen molar-refractivity contribution in [2.24, 2.45) is 0 Å². The molecule has 110 valence electrons. The second-order valence-corrected chi connectivity index (χ2v) is 4.57. The smallest absolute Gasteiger partial charge is 0.337 e. The summed E-state index contributed by atoms with van der Waals surface area (Å²) in [5.74, 6) is -4.02. The van der Waals surface area contributed by atoms with Crippen LogP contribution < -0.4 is 5.32 Å². The largest absolute Gasteiger partial charge is 0.479 e. The van der Waals surface area contributed by atoms with Crippen molar-refractivity contribution in [1.82, 2.24) is 5.32 Å². The van der Waals surface area contributed by atoms with Crippen LogP contribution in [0.5, 0.6) is 0 Å². The minimum Gasteiger partial charge on any atom is -0.479 e. The molecule has 0 bridgehead atoms. The molecule has 1 atom stereocenters. The highest BCUT2D eigenvalue weighted by atomic mass is 19.2. The predicted molar refractivity (Wildman–Crippen MR) is 65.9 cm³/mol. The molecule has 0 aliphatic rings. The van der Waals surface area contributed by atoms with Gasteiger partial charge in [0.25, 0.3) is 0 Å². The SMILES string of the molecule is CC(O)(CNC(=O)CCc1cccc(F)c1F)C(=O)O. The van der Waals surface area contributed by atoms with E-state index in [-0.39, 0.29) is 18.4 Å². The van der Waals surface area contributed by atoms with E-state index in [4.69, 9.17) is 5.11 Å². The van der Waals surface area contributed by atoms with Gasteiger partial charge in [-0.15, -0.1) is 0 Å². The topological polar surface area (TPSA) is 86.6 Å². The van der Waals surface area contributed by atoms with Crippen molar-refractivity contribution in [1.29, 1.82) is 0 Å². The van der Waals surface area contributed by atoms with Crippen molar-refractivity contribution in [2.45, 2.75) is 25.4 Å². The zero-order valence-corrected chi connectivity index (χ0v) is 10.8. The van der Waals surface area contributed by atoms with Gasteiger partial charge in [0.2, 0.25) is 5.91 Å². The number of rotatable bonds is 6. The van der Waals surface area contributed by atoms with Crippen LogP contribution in [0.1, 0.15) is 18.9 Å². The number of benzene rings is 1. The Morgan fingerprint density at radius 1 is 1.35 bits per heavy atom. The second-order valence-electron chi connectivity index (χ2n) is 4.57. The van der Waals surface area contributed by atoms with Crippen molar-refractivity contribution < 1.29 is 28.6 Å². The number of carbonyl (C=O) groups is 2. The number of hydrogen-bond donors (Lipinski definition) is 3. The van der Waals surface area contributed by atoms with E-state index in [0.717, 1.165) is 13.0 Å². The summed E-state index contributed by atoms with van der Waals surface area (Å²) in [6.07, 6.45) is -0.166. The minimum absolute atomic E-state index is 0.0232. The maximum Gasteiger partial charge on any atom is 0.337 e. The number of aryl methyl sites for hydroxylation is 1. The van der Waals surface area contributed by atoms with Gasteiger partial charge in [-0.1, -0.05) is 12.1 Å². The number of nitrogens with one attached hydrogen (secondary N) is 1. The van der Waals surface area contributed by atoms with Crippen LogP contribution >= 0.6 is 0 Å². The van der Waals surface area contributed by atoms with Gasteiger partial charge < -0.3 is 15.5 Å². The summed E-state index contributed by atoms with van der Waals surface area (Å²) in [4.78, 5) is 22.1. The molecule has 0 heterocycles. The lowest BCUT2D eigenvalue weighted by Crippen LogP contribution is -2.46. The number of carboxylic acid groups (broad SMARTS) is 1.